The molecule has 1 saturated heterocycles. The molecule has 1 aliphatic carbocycles. The average Bonchev–Trinajstić information content (AvgIpc) is 2.93. The molecule has 17 heavy (non-hydrogen) atoms. The lowest BCUT2D eigenvalue weighted by Gasteiger charge is -2.22. The molecular formula is C13H24N2O2. The highest BCUT2D eigenvalue weighted by Crippen LogP contribution is 2.50. The number of hydrogen-bond donors (Lipinski definition) is 2. The third-order valence-electron chi connectivity index (χ3n) is 4.00. The first-order valence-corrected chi connectivity index (χ1v) is 6.67. The van der Waals surface area contributed by atoms with Gasteiger partial charge in [0.15, 0.2) is 0 Å². The summed E-state index contributed by atoms with van der Waals surface area (Å²) in [4.78, 5) is 11.6. The van der Waals surface area contributed by atoms with Gasteiger partial charge in [0.2, 0.25) is 5.91 Å². The van der Waals surface area contributed by atoms with Crippen molar-refractivity contribution in [2.24, 2.45) is 11.3 Å². The molecule has 0 aromatic carbocycles. The van der Waals surface area contributed by atoms with E-state index in [1.165, 1.54) is 6.42 Å². The molecule has 1 atom stereocenters. The molecule has 2 rings (SSSR count). The molecule has 0 radical (unpaired) electrons. The van der Waals surface area contributed by atoms with E-state index in [1.807, 2.05) is 0 Å². The highest BCUT2D eigenvalue weighted by Gasteiger charge is 2.45. The summed E-state index contributed by atoms with van der Waals surface area (Å²) in [6.07, 6.45) is 3.52. The van der Waals surface area contributed by atoms with Gasteiger partial charge < -0.3 is 15.4 Å². The summed E-state index contributed by atoms with van der Waals surface area (Å²) in [7, 11) is 0. The molecule has 0 bridgehead atoms. The fourth-order valence-electron chi connectivity index (χ4n) is 2.37. The second-order valence-electron chi connectivity index (χ2n) is 5.95. The van der Waals surface area contributed by atoms with Crippen LogP contribution >= 0.6 is 0 Å². The summed E-state index contributed by atoms with van der Waals surface area (Å²) in [6.45, 7) is 7.52. The van der Waals surface area contributed by atoms with Gasteiger partial charge in [-0.3, -0.25) is 4.79 Å². The Morgan fingerprint density at radius 3 is 2.65 bits per heavy atom. The van der Waals surface area contributed by atoms with Gasteiger partial charge in [-0.25, -0.2) is 0 Å². The molecule has 4 nitrogen and oxygen atoms in total. The van der Waals surface area contributed by atoms with Crippen LogP contribution in [-0.2, 0) is 9.53 Å². The van der Waals surface area contributed by atoms with Gasteiger partial charge in [-0.1, -0.05) is 13.8 Å². The van der Waals surface area contributed by atoms with Gasteiger partial charge >= 0.3 is 0 Å². The summed E-state index contributed by atoms with van der Waals surface area (Å²) in [6, 6.07) is 0. The van der Waals surface area contributed by atoms with E-state index in [1.54, 1.807) is 0 Å². The topological polar surface area (TPSA) is 50.4 Å². The zero-order valence-corrected chi connectivity index (χ0v) is 10.9. The first-order valence-electron chi connectivity index (χ1n) is 6.67. The predicted octanol–water partition coefficient (Wildman–Crippen LogP) is 0.917. The van der Waals surface area contributed by atoms with E-state index in [4.69, 9.17) is 4.74 Å². The molecule has 1 saturated carbocycles. The van der Waals surface area contributed by atoms with Crippen molar-refractivity contribution in [2.75, 3.05) is 26.2 Å². The van der Waals surface area contributed by atoms with Gasteiger partial charge in [-0.2, -0.15) is 0 Å². The molecular weight excluding hydrogens is 216 g/mol. The number of ether oxygens (including phenoxy) is 1. The lowest BCUT2D eigenvalue weighted by atomic mass is 10.1. The van der Waals surface area contributed by atoms with Gasteiger partial charge in [-0.05, 0) is 43.7 Å². The van der Waals surface area contributed by atoms with Gasteiger partial charge in [0, 0.05) is 6.54 Å². The van der Waals surface area contributed by atoms with Gasteiger partial charge in [-0.15, -0.1) is 0 Å². The van der Waals surface area contributed by atoms with Crippen molar-refractivity contribution in [2.45, 2.75) is 39.2 Å². The van der Waals surface area contributed by atoms with Gasteiger partial charge in [0.05, 0.1) is 6.10 Å². The second kappa shape index (κ2) is 5.36. The normalized spacial score (nSPS) is 27.8. The van der Waals surface area contributed by atoms with Crippen LogP contribution in [-0.4, -0.2) is 38.3 Å². The second-order valence-corrected chi connectivity index (χ2v) is 5.95. The lowest BCUT2D eigenvalue weighted by Crippen LogP contribution is -2.36. The van der Waals surface area contributed by atoms with Crippen molar-refractivity contribution in [3.8, 4) is 0 Å². The fraction of sp³-hybridized carbons (Fsp3) is 0.923. The van der Waals surface area contributed by atoms with E-state index in [-0.39, 0.29) is 18.6 Å². The van der Waals surface area contributed by atoms with Crippen LogP contribution in [0.4, 0.5) is 0 Å². The Morgan fingerprint density at radius 2 is 2.06 bits per heavy atom. The molecule has 1 unspecified atom stereocenters. The molecule has 0 aromatic rings. The first kappa shape index (κ1) is 12.8. The minimum absolute atomic E-state index is 0.0335. The van der Waals surface area contributed by atoms with Gasteiger partial charge in [0.25, 0.3) is 0 Å². The molecule has 1 aliphatic heterocycles. The van der Waals surface area contributed by atoms with E-state index in [0.717, 1.165) is 32.5 Å². The molecule has 1 heterocycles. The number of amides is 1. The smallest absolute Gasteiger partial charge is 0.246 e. The number of hydrogen-bond acceptors (Lipinski definition) is 3. The number of piperidine rings is 1. The summed E-state index contributed by atoms with van der Waals surface area (Å²) in [5.74, 6) is 0.691. The highest BCUT2D eigenvalue weighted by atomic mass is 16.5. The zero-order valence-electron chi connectivity index (χ0n) is 10.9. The van der Waals surface area contributed by atoms with E-state index in [0.29, 0.717) is 11.3 Å². The van der Waals surface area contributed by atoms with Crippen molar-refractivity contribution in [1.29, 1.82) is 0 Å². The Kier molecular flexibility index (Phi) is 4.05. The molecule has 2 N–H and O–H groups in total. The molecule has 1 amide bonds. The molecule has 2 aliphatic rings. The summed E-state index contributed by atoms with van der Waals surface area (Å²) < 4.78 is 5.60. The van der Waals surface area contributed by atoms with E-state index < -0.39 is 0 Å². The van der Waals surface area contributed by atoms with Crippen LogP contribution in [0.25, 0.3) is 0 Å². The van der Waals surface area contributed by atoms with Gasteiger partial charge in [0.1, 0.15) is 6.61 Å². The maximum absolute atomic E-state index is 11.6. The Labute approximate surface area is 103 Å². The number of rotatable bonds is 5. The minimum Gasteiger partial charge on any atom is -0.368 e. The van der Waals surface area contributed by atoms with Crippen LogP contribution in [0.3, 0.4) is 0 Å². The molecule has 98 valence electrons. The first-order chi connectivity index (χ1) is 8.08. The van der Waals surface area contributed by atoms with Crippen LogP contribution in [0.2, 0.25) is 0 Å². The summed E-state index contributed by atoms with van der Waals surface area (Å²) in [5.41, 5.74) is 0.434. The van der Waals surface area contributed by atoms with Crippen molar-refractivity contribution in [1.82, 2.24) is 10.6 Å². The third kappa shape index (κ3) is 3.96. The van der Waals surface area contributed by atoms with Crippen LogP contribution in [0, 0.1) is 11.3 Å². The van der Waals surface area contributed by atoms with Crippen molar-refractivity contribution in [3.05, 3.63) is 0 Å². The standard InChI is InChI=1S/C13H24N2O2/c1-13(2)7-10(13)8-15-12(16)9-17-11-3-5-14-6-4-11/h10-11,14H,3-9H2,1-2H3,(H,15,16). The Morgan fingerprint density at radius 1 is 1.41 bits per heavy atom. The molecule has 4 heteroatoms. The maximum atomic E-state index is 11.6. The Bertz CT molecular complexity index is 273. The van der Waals surface area contributed by atoms with E-state index in [9.17, 15) is 4.79 Å². The Hall–Kier alpha value is -0.610. The molecule has 2 fully saturated rings. The number of carbonyl (C=O) groups is 1. The third-order valence-corrected chi connectivity index (χ3v) is 4.00. The SMILES string of the molecule is CC1(C)CC1CNC(=O)COC1CCNCC1. The van der Waals surface area contributed by atoms with Crippen molar-refractivity contribution < 1.29 is 9.53 Å². The van der Waals surface area contributed by atoms with Crippen LogP contribution in [0.5, 0.6) is 0 Å². The van der Waals surface area contributed by atoms with Crippen LogP contribution in [0.15, 0.2) is 0 Å². The summed E-state index contributed by atoms with van der Waals surface area (Å²) >= 11 is 0. The highest BCUT2D eigenvalue weighted by molar-refractivity contribution is 5.77. The molecule has 0 aromatic heterocycles. The maximum Gasteiger partial charge on any atom is 0.246 e. The van der Waals surface area contributed by atoms with Crippen LogP contribution < -0.4 is 10.6 Å². The summed E-state index contributed by atoms with van der Waals surface area (Å²) in [5, 5.41) is 6.24. The van der Waals surface area contributed by atoms with Crippen LogP contribution in [0.1, 0.15) is 33.1 Å². The molecule has 0 spiro atoms. The largest absolute Gasteiger partial charge is 0.368 e. The fourth-order valence-corrected chi connectivity index (χ4v) is 2.37. The number of carbonyl (C=O) groups excluding carboxylic acids is 1. The minimum atomic E-state index is 0.0335. The quantitative estimate of drug-likeness (QED) is 0.751. The zero-order chi connectivity index (χ0) is 12.3. The van der Waals surface area contributed by atoms with E-state index in [2.05, 4.69) is 24.5 Å². The van der Waals surface area contributed by atoms with Crippen molar-refractivity contribution >= 4 is 5.91 Å². The Balaban J connectivity index is 1.54. The monoisotopic (exact) mass is 240 g/mol. The number of nitrogens with one attached hydrogen (secondary N) is 2. The van der Waals surface area contributed by atoms with Crippen molar-refractivity contribution in [3.63, 3.8) is 0 Å². The lowest BCUT2D eigenvalue weighted by molar-refractivity contribution is -0.128. The van der Waals surface area contributed by atoms with E-state index >= 15 is 0 Å². The predicted molar refractivity (Wildman–Crippen MR) is 66.7 cm³/mol. The average molecular weight is 240 g/mol.